The van der Waals surface area contributed by atoms with E-state index in [9.17, 15) is 9.59 Å². The minimum absolute atomic E-state index is 0.337. The molecule has 1 N–H and O–H groups in total. The highest BCUT2D eigenvalue weighted by atomic mass is 32.1. The molecule has 0 aliphatic heterocycles. The number of thiazole rings is 1. The van der Waals surface area contributed by atoms with Gasteiger partial charge in [0, 0.05) is 12.4 Å². The molecule has 1 atom stereocenters. The van der Waals surface area contributed by atoms with Gasteiger partial charge in [0.15, 0.2) is 0 Å². The summed E-state index contributed by atoms with van der Waals surface area (Å²) in [5.41, 5.74) is 2.52. The van der Waals surface area contributed by atoms with Gasteiger partial charge in [-0.1, -0.05) is 20.8 Å². The standard InChI is InChI=1S/C10H15N3O3S.C4H10/c1-7(9(14)16-3)12-10(15)13(2)4-8-5-17-6-11-8;1-4(2)3/h5-7H,4H2,1-3H3,(H,12,15);4H,1-3H3. The van der Waals surface area contributed by atoms with Crippen molar-refractivity contribution in [2.24, 2.45) is 5.92 Å². The molecule has 1 aromatic rings. The van der Waals surface area contributed by atoms with Crippen molar-refractivity contribution in [1.82, 2.24) is 15.2 Å². The number of carbonyl (C=O) groups excluding carboxylic acids is 2. The summed E-state index contributed by atoms with van der Waals surface area (Å²) in [6, 6.07) is -0.999. The maximum absolute atomic E-state index is 11.7. The number of carbonyl (C=O) groups is 2. The topological polar surface area (TPSA) is 71.5 Å². The molecule has 0 saturated heterocycles. The van der Waals surface area contributed by atoms with Crippen molar-refractivity contribution < 1.29 is 14.3 Å². The van der Waals surface area contributed by atoms with E-state index in [1.54, 1.807) is 19.5 Å². The van der Waals surface area contributed by atoms with Gasteiger partial charge in [0.25, 0.3) is 0 Å². The van der Waals surface area contributed by atoms with E-state index in [0.717, 1.165) is 11.6 Å². The van der Waals surface area contributed by atoms with E-state index in [2.05, 4.69) is 35.8 Å². The van der Waals surface area contributed by atoms with Crippen molar-refractivity contribution in [3.63, 3.8) is 0 Å². The molecule has 0 bridgehead atoms. The average molecular weight is 315 g/mol. The molecule has 1 rings (SSSR count). The van der Waals surface area contributed by atoms with Crippen LogP contribution in [0.1, 0.15) is 33.4 Å². The molecule has 6 nitrogen and oxygen atoms in total. The first kappa shape index (κ1) is 19.4. The van der Waals surface area contributed by atoms with Crippen LogP contribution >= 0.6 is 11.3 Å². The largest absolute Gasteiger partial charge is 0.467 e. The maximum Gasteiger partial charge on any atom is 0.328 e. The van der Waals surface area contributed by atoms with Crippen LogP contribution < -0.4 is 5.32 Å². The Labute approximate surface area is 130 Å². The van der Waals surface area contributed by atoms with E-state index in [0.29, 0.717) is 6.54 Å². The molecular weight excluding hydrogens is 290 g/mol. The van der Waals surface area contributed by atoms with Crippen molar-refractivity contribution in [2.45, 2.75) is 40.3 Å². The van der Waals surface area contributed by atoms with Crippen molar-refractivity contribution in [1.29, 1.82) is 0 Å². The van der Waals surface area contributed by atoms with Crippen LogP contribution in [-0.4, -0.2) is 42.1 Å². The number of ether oxygens (including phenoxy) is 1. The Balaban J connectivity index is 0.000000885. The van der Waals surface area contributed by atoms with Crippen LogP contribution in [0.3, 0.4) is 0 Å². The van der Waals surface area contributed by atoms with Gasteiger partial charge in [0.1, 0.15) is 6.04 Å². The number of nitrogens with one attached hydrogen (secondary N) is 1. The Kier molecular flexibility index (Phi) is 9.36. The van der Waals surface area contributed by atoms with Gasteiger partial charge in [-0.25, -0.2) is 14.6 Å². The second-order valence-electron chi connectivity index (χ2n) is 5.26. The molecule has 7 heteroatoms. The normalized spacial score (nSPS) is 11.2. The number of urea groups is 1. The summed E-state index contributed by atoms with van der Waals surface area (Å²) in [6.07, 6.45) is 0. The predicted molar refractivity (Wildman–Crippen MR) is 84.1 cm³/mol. The van der Waals surface area contributed by atoms with Gasteiger partial charge in [-0.2, -0.15) is 0 Å². The van der Waals surface area contributed by atoms with E-state index < -0.39 is 12.0 Å². The first-order chi connectivity index (χ1) is 9.77. The third kappa shape index (κ3) is 9.01. The molecule has 0 aliphatic carbocycles. The summed E-state index contributed by atoms with van der Waals surface area (Å²) in [7, 11) is 2.92. The van der Waals surface area contributed by atoms with E-state index in [-0.39, 0.29) is 6.03 Å². The number of rotatable bonds is 4. The van der Waals surface area contributed by atoms with Crippen molar-refractivity contribution in [3.8, 4) is 0 Å². The number of methoxy groups -OCH3 is 1. The maximum atomic E-state index is 11.7. The molecule has 1 unspecified atom stereocenters. The van der Waals surface area contributed by atoms with Crippen LogP contribution in [0.25, 0.3) is 0 Å². The van der Waals surface area contributed by atoms with Crippen LogP contribution in [-0.2, 0) is 16.1 Å². The molecular formula is C14H25N3O3S. The van der Waals surface area contributed by atoms with Gasteiger partial charge in [-0.05, 0) is 12.8 Å². The molecule has 0 spiro atoms. The lowest BCUT2D eigenvalue weighted by atomic mass is 10.3. The van der Waals surface area contributed by atoms with Crippen LogP contribution in [0, 0.1) is 5.92 Å². The van der Waals surface area contributed by atoms with Gasteiger partial charge >= 0.3 is 12.0 Å². The molecule has 2 amide bonds. The highest BCUT2D eigenvalue weighted by Crippen LogP contribution is 2.04. The van der Waals surface area contributed by atoms with Crippen molar-refractivity contribution >= 4 is 23.3 Å². The van der Waals surface area contributed by atoms with Gasteiger partial charge in [0.05, 0.1) is 24.9 Å². The first-order valence-electron chi connectivity index (χ1n) is 6.74. The first-order valence-corrected chi connectivity index (χ1v) is 7.68. The zero-order chi connectivity index (χ0) is 16.4. The molecule has 0 aliphatic rings. The van der Waals surface area contributed by atoms with E-state index >= 15 is 0 Å². The number of hydrogen-bond acceptors (Lipinski definition) is 5. The zero-order valence-corrected chi connectivity index (χ0v) is 14.4. The second kappa shape index (κ2) is 10.1. The fourth-order valence-corrected chi connectivity index (χ4v) is 1.71. The van der Waals surface area contributed by atoms with Crippen LogP contribution in [0.4, 0.5) is 4.79 Å². The van der Waals surface area contributed by atoms with E-state index in [1.807, 2.05) is 5.38 Å². The predicted octanol–water partition coefficient (Wildman–Crippen LogP) is 2.51. The Morgan fingerprint density at radius 1 is 1.38 bits per heavy atom. The van der Waals surface area contributed by atoms with Crippen molar-refractivity contribution in [3.05, 3.63) is 16.6 Å². The minimum atomic E-state index is -0.662. The molecule has 1 aromatic heterocycles. The molecule has 1 heterocycles. The van der Waals surface area contributed by atoms with E-state index in [4.69, 9.17) is 0 Å². The quantitative estimate of drug-likeness (QED) is 0.867. The Hall–Kier alpha value is -1.63. The Morgan fingerprint density at radius 3 is 2.38 bits per heavy atom. The molecule has 0 aromatic carbocycles. The van der Waals surface area contributed by atoms with Gasteiger partial charge in [-0.3, -0.25) is 0 Å². The lowest BCUT2D eigenvalue weighted by Crippen LogP contribution is -2.45. The lowest BCUT2D eigenvalue weighted by Gasteiger charge is -2.19. The highest BCUT2D eigenvalue weighted by molar-refractivity contribution is 7.07. The summed E-state index contributed by atoms with van der Waals surface area (Å²) >= 11 is 1.47. The summed E-state index contributed by atoms with van der Waals surface area (Å²) in [5.74, 6) is 0.361. The summed E-state index contributed by atoms with van der Waals surface area (Å²) in [4.78, 5) is 28.3. The number of esters is 1. The second-order valence-corrected chi connectivity index (χ2v) is 5.98. The SMILES string of the molecule is CC(C)C.COC(=O)C(C)NC(=O)N(C)Cc1cscn1. The molecule has 120 valence electrons. The Morgan fingerprint density at radius 2 is 1.95 bits per heavy atom. The summed E-state index contributed by atoms with van der Waals surface area (Å²) in [5, 5.41) is 4.40. The van der Waals surface area contributed by atoms with Gasteiger partial charge < -0.3 is 15.0 Å². The van der Waals surface area contributed by atoms with Gasteiger partial charge in [0.2, 0.25) is 0 Å². The molecule has 0 saturated carbocycles. The lowest BCUT2D eigenvalue weighted by molar-refractivity contribution is -0.142. The summed E-state index contributed by atoms with van der Waals surface area (Å²) < 4.78 is 4.52. The third-order valence-electron chi connectivity index (χ3n) is 2.12. The highest BCUT2D eigenvalue weighted by Gasteiger charge is 2.18. The van der Waals surface area contributed by atoms with Crippen LogP contribution in [0.15, 0.2) is 10.9 Å². The number of aromatic nitrogens is 1. The van der Waals surface area contributed by atoms with Crippen LogP contribution in [0.5, 0.6) is 0 Å². The number of nitrogens with zero attached hydrogens (tertiary/aromatic N) is 2. The number of hydrogen-bond donors (Lipinski definition) is 1. The third-order valence-corrected chi connectivity index (χ3v) is 2.76. The average Bonchev–Trinajstić information content (AvgIpc) is 2.89. The molecule has 0 radical (unpaired) electrons. The monoisotopic (exact) mass is 315 g/mol. The smallest absolute Gasteiger partial charge is 0.328 e. The van der Waals surface area contributed by atoms with Gasteiger partial charge in [-0.15, -0.1) is 11.3 Å². The fraction of sp³-hybridized carbons (Fsp3) is 0.643. The molecule has 0 fully saturated rings. The molecule has 21 heavy (non-hydrogen) atoms. The number of amides is 2. The minimum Gasteiger partial charge on any atom is -0.467 e. The van der Waals surface area contributed by atoms with Crippen LogP contribution in [0.2, 0.25) is 0 Å². The van der Waals surface area contributed by atoms with E-state index in [1.165, 1.54) is 23.3 Å². The Bertz CT molecular complexity index is 418. The fourth-order valence-electron chi connectivity index (χ4n) is 1.16. The summed E-state index contributed by atoms with van der Waals surface area (Å²) in [6.45, 7) is 8.48. The van der Waals surface area contributed by atoms with Crippen molar-refractivity contribution in [2.75, 3.05) is 14.2 Å². The zero-order valence-electron chi connectivity index (χ0n) is 13.5.